The van der Waals surface area contributed by atoms with E-state index in [1.807, 2.05) is 43.3 Å². The second-order valence-corrected chi connectivity index (χ2v) is 7.89. The summed E-state index contributed by atoms with van der Waals surface area (Å²) in [4.78, 5) is 28.4. The first kappa shape index (κ1) is 21.6. The summed E-state index contributed by atoms with van der Waals surface area (Å²) in [5.74, 6) is 1.01. The number of anilines is 2. The topological polar surface area (TPSA) is 77.1 Å². The lowest BCUT2D eigenvalue weighted by atomic mass is 10.0. The number of ether oxygens (including phenoxy) is 3. The Morgan fingerprint density at radius 2 is 1.68 bits per heavy atom. The van der Waals surface area contributed by atoms with Crippen LogP contribution in [-0.4, -0.2) is 31.6 Å². The van der Waals surface area contributed by atoms with Crippen LogP contribution in [-0.2, 0) is 9.59 Å². The molecule has 34 heavy (non-hydrogen) atoms. The summed E-state index contributed by atoms with van der Waals surface area (Å²) in [6.07, 6.45) is 0.856. The van der Waals surface area contributed by atoms with E-state index in [0.717, 1.165) is 6.42 Å². The Labute approximate surface area is 197 Å². The predicted octanol–water partition coefficient (Wildman–Crippen LogP) is 4.64. The van der Waals surface area contributed by atoms with Crippen molar-refractivity contribution in [1.82, 2.24) is 0 Å². The van der Waals surface area contributed by atoms with Crippen LogP contribution in [0.1, 0.15) is 18.9 Å². The number of imide groups is 1. The Balaban J connectivity index is 1.53. The minimum absolute atomic E-state index is 0.202. The van der Waals surface area contributed by atoms with Gasteiger partial charge in [0.15, 0.2) is 11.5 Å². The molecule has 0 atom stereocenters. The van der Waals surface area contributed by atoms with Gasteiger partial charge >= 0.3 is 0 Å². The van der Waals surface area contributed by atoms with Crippen LogP contribution in [0.15, 0.2) is 78.5 Å². The molecule has 172 valence electrons. The fraction of sp³-hybridized carbons (Fsp3) is 0.185. The van der Waals surface area contributed by atoms with Gasteiger partial charge in [0.25, 0.3) is 11.8 Å². The Morgan fingerprint density at radius 1 is 0.882 bits per heavy atom. The van der Waals surface area contributed by atoms with Gasteiger partial charge in [0, 0.05) is 17.8 Å². The molecule has 0 radical (unpaired) electrons. The summed E-state index contributed by atoms with van der Waals surface area (Å²) in [7, 11) is 0. The molecule has 7 heteroatoms. The van der Waals surface area contributed by atoms with E-state index < -0.39 is 11.8 Å². The molecule has 7 nitrogen and oxygen atoms in total. The normalized spacial score (nSPS) is 15.0. The van der Waals surface area contributed by atoms with Crippen molar-refractivity contribution in [2.24, 2.45) is 0 Å². The summed E-state index contributed by atoms with van der Waals surface area (Å²) in [5.41, 5.74) is 2.24. The van der Waals surface area contributed by atoms with Crippen molar-refractivity contribution in [2.75, 3.05) is 30.0 Å². The molecule has 2 aliphatic heterocycles. The fourth-order valence-electron chi connectivity index (χ4n) is 3.95. The number of rotatable bonds is 7. The van der Waals surface area contributed by atoms with Gasteiger partial charge in [-0.2, -0.15) is 0 Å². The maximum Gasteiger partial charge on any atom is 0.282 e. The van der Waals surface area contributed by atoms with Gasteiger partial charge in [-0.25, -0.2) is 4.90 Å². The van der Waals surface area contributed by atoms with E-state index in [0.29, 0.717) is 59.6 Å². The number of benzene rings is 3. The smallest absolute Gasteiger partial charge is 0.282 e. The third-order valence-corrected chi connectivity index (χ3v) is 5.51. The molecule has 0 saturated heterocycles. The molecule has 2 aliphatic rings. The molecule has 3 aromatic rings. The monoisotopic (exact) mass is 456 g/mol. The third-order valence-electron chi connectivity index (χ3n) is 5.51. The lowest BCUT2D eigenvalue weighted by molar-refractivity contribution is -0.120. The van der Waals surface area contributed by atoms with Gasteiger partial charge in [0.1, 0.15) is 24.7 Å². The van der Waals surface area contributed by atoms with E-state index in [9.17, 15) is 9.59 Å². The Bertz CT molecular complexity index is 1270. The maximum atomic E-state index is 13.6. The molecular formula is C27H24N2O5. The van der Waals surface area contributed by atoms with E-state index >= 15 is 0 Å². The van der Waals surface area contributed by atoms with Crippen LogP contribution in [0.2, 0.25) is 0 Å². The van der Waals surface area contributed by atoms with Crippen molar-refractivity contribution in [3.8, 4) is 17.2 Å². The van der Waals surface area contributed by atoms with E-state index in [1.165, 1.54) is 4.90 Å². The summed E-state index contributed by atoms with van der Waals surface area (Å²) in [6.45, 7) is 3.52. The molecule has 0 aromatic heterocycles. The third kappa shape index (κ3) is 4.08. The number of amides is 2. The number of fused-ring (bicyclic) bond motifs is 1. The summed E-state index contributed by atoms with van der Waals surface area (Å²) in [6, 6.07) is 21.5. The summed E-state index contributed by atoms with van der Waals surface area (Å²) < 4.78 is 17.0. The highest BCUT2D eigenvalue weighted by Crippen LogP contribution is 2.37. The Morgan fingerprint density at radius 3 is 2.47 bits per heavy atom. The van der Waals surface area contributed by atoms with E-state index in [4.69, 9.17) is 14.2 Å². The van der Waals surface area contributed by atoms with Crippen LogP contribution in [0.25, 0.3) is 5.57 Å². The first-order valence-corrected chi connectivity index (χ1v) is 11.2. The summed E-state index contributed by atoms with van der Waals surface area (Å²) >= 11 is 0. The van der Waals surface area contributed by atoms with E-state index in [2.05, 4.69) is 5.32 Å². The quantitative estimate of drug-likeness (QED) is 0.522. The van der Waals surface area contributed by atoms with Gasteiger partial charge in [-0.05, 0) is 36.2 Å². The lowest BCUT2D eigenvalue weighted by Crippen LogP contribution is -2.32. The highest BCUT2D eigenvalue weighted by atomic mass is 16.6. The average Bonchev–Trinajstić information content (AvgIpc) is 3.12. The van der Waals surface area contributed by atoms with Crippen molar-refractivity contribution >= 4 is 28.8 Å². The molecule has 3 aromatic carbocycles. The van der Waals surface area contributed by atoms with Crippen molar-refractivity contribution in [3.05, 3.63) is 84.1 Å². The van der Waals surface area contributed by atoms with Gasteiger partial charge in [-0.1, -0.05) is 43.3 Å². The molecule has 0 saturated carbocycles. The standard InChI is InChI=1S/C27H24N2O5/c1-2-13-32-21-10-6-9-20(17-21)29-26(30)24(18-7-4-3-5-8-18)25(27(29)31)28-19-11-12-22-23(16-19)34-15-14-33-22/h3-12,16-17,28H,2,13-15H2,1H3. The molecule has 5 rings (SSSR count). The fourth-order valence-corrected chi connectivity index (χ4v) is 3.95. The number of hydrogen-bond acceptors (Lipinski definition) is 6. The van der Waals surface area contributed by atoms with E-state index in [-0.39, 0.29) is 5.70 Å². The van der Waals surface area contributed by atoms with Crippen LogP contribution in [0, 0.1) is 0 Å². The molecule has 1 N–H and O–H groups in total. The zero-order valence-electron chi connectivity index (χ0n) is 18.7. The molecule has 0 unspecified atom stereocenters. The number of nitrogens with zero attached hydrogens (tertiary/aromatic N) is 1. The predicted molar refractivity (Wildman–Crippen MR) is 129 cm³/mol. The van der Waals surface area contributed by atoms with Crippen molar-refractivity contribution < 1.29 is 23.8 Å². The SMILES string of the molecule is CCCOc1cccc(N2C(=O)C(Nc3ccc4c(c3)OCCO4)=C(c3ccccc3)C2=O)c1. The average molecular weight is 456 g/mol. The van der Waals surface area contributed by atoms with Crippen LogP contribution in [0.5, 0.6) is 17.2 Å². The Hall–Kier alpha value is -4.26. The number of carbonyl (C=O) groups excluding carboxylic acids is 2. The van der Waals surface area contributed by atoms with Gasteiger partial charge in [0.05, 0.1) is 17.9 Å². The van der Waals surface area contributed by atoms with Crippen LogP contribution < -0.4 is 24.4 Å². The molecule has 0 aliphatic carbocycles. The first-order valence-electron chi connectivity index (χ1n) is 11.2. The maximum absolute atomic E-state index is 13.6. The lowest BCUT2D eigenvalue weighted by Gasteiger charge is -2.19. The van der Waals surface area contributed by atoms with Crippen molar-refractivity contribution in [1.29, 1.82) is 0 Å². The van der Waals surface area contributed by atoms with Crippen LogP contribution >= 0.6 is 0 Å². The molecule has 0 spiro atoms. The Kier molecular flexibility index (Phi) is 5.91. The highest BCUT2D eigenvalue weighted by molar-refractivity contribution is 6.46. The van der Waals surface area contributed by atoms with Gasteiger partial charge < -0.3 is 19.5 Å². The summed E-state index contributed by atoms with van der Waals surface area (Å²) in [5, 5.41) is 3.17. The highest BCUT2D eigenvalue weighted by Gasteiger charge is 2.40. The number of carbonyl (C=O) groups is 2. The molecule has 0 bridgehead atoms. The van der Waals surface area contributed by atoms with Crippen molar-refractivity contribution in [2.45, 2.75) is 13.3 Å². The zero-order valence-corrected chi connectivity index (χ0v) is 18.7. The molecule has 2 heterocycles. The number of nitrogens with one attached hydrogen (secondary N) is 1. The minimum Gasteiger partial charge on any atom is -0.494 e. The van der Waals surface area contributed by atoms with Gasteiger partial charge in [0.2, 0.25) is 0 Å². The van der Waals surface area contributed by atoms with Crippen LogP contribution in [0.3, 0.4) is 0 Å². The van der Waals surface area contributed by atoms with Gasteiger partial charge in [-0.3, -0.25) is 9.59 Å². The molecule has 2 amide bonds. The van der Waals surface area contributed by atoms with E-state index in [1.54, 1.807) is 36.4 Å². The second-order valence-electron chi connectivity index (χ2n) is 7.89. The largest absolute Gasteiger partial charge is 0.494 e. The minimum atomic E-state index is -0.439. The zero-order chi connectivity index (χ0) is 23.5. The molecular weight excluding hydrogens is 432 g/mol. The van der Waals surface area contributed by atoms with Crippen molar-refractivity contribution in [3.63, 3.8) is 0 Å². The number of hydrogen-bond donors (Lipinski definition) is 1. The van der Waals surface area contributed by atoms with Gasteiger partial charge in [-0.15, -0.1) is 0 Å². The second kappa shape index (κ2) is 9.31. The first-order chi connectivity index (χ1) is 16.7. The molecule has 0 fully saturated rings. The van der Waals surface area contributed by atoms with Crippen LogP contribution in [0.4, 0.5) is 11.4 Å².